The molecular formula is C12H18N4O5. The molecule has 3 rings (SSSR count). The second-order valence-corrected chi connectivity index (χ2v) is 5.41. The number of rotatable bonds is 1. The Morgan fingerprint density at radius 1 is 1.19 bits per heavy atom. The molecule has 21 heavy (non-hydrogen) atoms. The van der Waals surface area contributed by atoms with Crippen molar-refractivity contribution in [1.29, 1.82) is 0 Å². The van der Waals surface area contributed by atoms with Gasteiger partial charge >= 0.3 is 18.0 Å². The monoisotopic (exact) mass is 298 g/mol. The number of morpholine rings is 1. The Morgan fingerprint density at radius 3 is 2.71 bits per heavy atom. The van der Waals surface area contributed by atoms with E-state index in [9.17, 15) is 14.4 Å². The molecule has 0 aromatic carbocycles. The molecule has 0 aliphatic carbocycles. The van der Waals surface area contributed by atoms with E-state index in [1.807, 2.05) is 0 Å². The van der Waals surface area contributed by atoms with Crippen LogP contribution in [0.3, 0.4) is 0 Å². The number of aliphatic carboxylic acids is 1. The Hall–Kier alpha value is -2.03. The molecule has 3 heterocycles. The lowest BCUT2D eigenvalue weighted by Crippen LogP contribution is -2.59. The number of carboxylic acids is 1. The first-order chi connectivity index (χ1) is 10.1. The maximum Gasteiger partial charge on any atom is 0.334 e. The Balaban J connectivity index is 1.60. The van der Waals surface area contributed by atoms with Gasteiger partial charge in [0.1, 0.15) is 0 Å². The van der Waals surface area contributed by atoms with Gasteiger partial charge in [0, 0.05) is 32.7 Å². The number of nitrogens with one attached hydrogen (secondary N) is 1. The van der Waals surface area contributed by atoms with Crippen molar-refractivity contribution in [2.24, 2.45) is 0 Å². The van der Waals surface area contributed by atoms with Gasteiger partial charge in [-0.2, -0.15) is 0 Å². The van der Waals surface area contributed by atoms with E-state index in [2.05, 4.69) is 5.32 Å². The van der Waals surface area contributed by atoms with Crippen molar-refractivity contribution in [3.63, 3.8) is 0 Å². The number of nitrogens with zero attached hydrogens (tertiary/aromatic N) is 3. The quantitative estimate of drug-likeness (QED) is 0.620. The molecule has 0 radical (unpaired) electrons. The summed E-state index contributed by atoms with van der Waals surface area (Å²) in [5, 5.41) is 11.7. The summed E-state index contributed by atoms with van der Waals surface area (Å²) in [6.07, 6.45) is -0.960. The Kier molecular flexibility index (Phi) is 3.58. The minimum absolute atomic E-state index is 0.00603. The molecule has 2 atom stereocenters. The number of ether oxygens (including phenoxy) is 1. The maximum atomic E-state index is 12.5. The van der Waals surface area contributed by atoms with Crippen LogP contribution in [0.4, 0.5) is 9.59 Å². The molecule has 2 unspecified atom stereocenters. The smallest absolute Gasteiger partial charge is 0.334 e. The van der Waals surface area contributed by atoms with E-state index in [1.54, 1.807) is 9.80 Å². The minimum atomic E-state index is -1.05. The zero-order chi connectivity index (χ0) is 15.0. The summed E-state index contributed by atoms with van der Waals surface area (Å²) in [4.78, 5) is 39.9. The highest BCUT2D eigenvalue weighted by Gasteiger charge is 2.39. The van der Waals surface area contributed by atoms with Crippen LogP contribution >= 0.6 is 0 Å². The number of hydrogen-bond donors (Lipinski definition) is 2. The number of piperazine rings is 1. The number of hydrogen-bond acceptors (Lipinski definition) is 4. The number of carboxylic acid groups (broad SMARTS) is 1. The van der Waals surface area contributed by atoms with Gasteiger partial charge in [-0.05, 0) is 0 Å². The second-order valence-electron chi connectivity index (χ2n) is 5.41. The highest BCUT2D eigenvalue weighted by Crippen LogP contribution is 2.17. The predicted octanol–water partition coefficient (Wildman–Crippen LogP) is -1.40. The van der Waals surface area contributed by atoms with E-state index >= 15 is 0 Å². The van der Waals surface area contributed by atoms with Gasteiger partial charge in [-0.25, -0.2) is 14.4 Å². The molecule has 3 aliphatic rings. The van der Waals surface area contributed by atoms with Crippen molar-refractivity contribution < 1.29 is 24.2 Å². The first kappa shape index (κ1) is 13.9. The Labute approximate surface area is 121 Å². The third-order valence-corrected chi connectivity index (χ3v) is 4.12. The standard InChI is InChI=1S/C12H18N4O5/c17-10(18)9-7-15(3-4-21-9)12(20)14-1-2-16-8(6-14)5-13-11(16)19/h8-9H,1-7H2,(H,13,19)(H,17,18). The van der Waals surface area contributed by atoms with Crippen molar-refractivity contribution in [3.8, 4) is 0 Å². The van der Waals surface area contributed by atoms with Gasteiger partial charge in [-0.1, -0.05) is 0 Å². The van der Waals surface area contributed by atoms with Crippen LogP contribution in [0.5, 0.6) is 0 Å². The van der Waals surface area contributed by atoms with Gasteiger partial charge in [0.15, 0.2) is 6.10 Å². The lowest BCUT2D eigenvalue weighted by molar-refractivity contribution is -0.154. The average Bonchev–Trinajstić information content (AvgIpc) is 2.87. The number of amides is 4. The normalized spacial score (nSPS) is 29.1. The van der Waals surface area contributed by atoms with Crippen LogP contribution in [0.15, 0.2) is 0 Å². The first-order valence-electron chi connectivity index (χ1n) is 6.99. The number of carbonyl (C=O) groups is 3. The fourth-order valence-electron chi connectivity index (χ4n) is 2.95. The van der Waals surface area contributed by atoms with Crippen molar-refractivity contribution in [2.75, 3.05) is 45.9 Å². The van der Waals surface area contributed by atoms with E-state index < -0.39 is 12.1 Å². The highest BCUT2D eigenvalue weighted by atomic mass is 16.5. The first-order valence-corrected chi connectivity index (χ1v) is 6.99. The van der Waals surface area contributed by atoms with E-state index in [1.165, 1.54) is 4.90 Å². The van der Waals surface area contributed by atoms with Crippen LogP contribution < -0.4 is 5.32 Å². The SMILES string of the molecule is O=C(O)C1CN(C(=O)N2CCN3C(=O)NCC3C2)CCO1. The Bertz CT molecular complexity index is 471. The molecular weight excluding hydrogens is 280 g/mol. The van der Waals surface area contributed by atoms with Crippen LogP contribution in [0, 0.1) is 0 Å². The molecule has 0 bridgehead atoms. The van der Waals surface area contributed by atoms with Gasteiger partial charge < -0.3 is 29.9 Å². The number of carbonyl (C=O) groups excluding carboxylic acids is 2. The van der Waals surface area contributed by atoms with Gasteiger partial charge in [0.2, 0.25) is 0 Å². The summed E-state index contributed by atoms with van der Waals surface area (Å²) < 4.78 is 5.12. The summed E-state index contributed by atoms with van der Waals surface area (Å²) in [5.41, 5.74) is 0. The fraction of sp³-hybridized carbons (Fsp3) is 0.750. The van der Waals surface area contributed by atoms with Crippen LogP contribution in [0.2, 0.25) is 0 Å². The molecule has 0 aromatic rings. The van der Waals surface area contributed by atoms with Crippen LogP contribution in [-0.4, -0.2) is 95.9 Å². The molecule has 0 saturated carbocycles. The molecule has 3 saturated heterocycles. The molecule has 3 aliphatic heterocycles. The predicted molar refractivity (Wildman–Crippen MR) is 69.8 cm³/mol. The van der Waals surface area contributed by atoms with Crippen molar-refractivity contribution in [3.05, 3.63) is 0 Å². The maximum absolute atomic E-state index is 12.5. The van der Waals surface area contributed by atoms with Crippen molar-refractivity contribution >= 4 is 18.0 Å². The number of urea groups is 2. The topological polar surface area (TPSA) is 102 Å². The van der Waals surface area contributed by atoms with Crippen molar-refractivity contribution in [2.45, 2.75) is 12.1 Å². The average molecular weight is 298 g/mol. The van der Waals surface area contributed by atoms with Crippen LogP contribution in [0.25, 0.3) is 0 Å². The van der Waals surface area contributed by atoms with Gasteiger partial charge in [-0.3, -0.25) is 0 Å². The lowest BCUT2D eigenvalue weighted by Gasteiger charge is -2.40. The lowest BCUT2D eigenvalue weighted by atomic mass is 10.2. The highest BCUT2D eigenvalue weighted by molar-refractivity contribution is 5.79. The zero-order valence-corrected chi connectivity index (χ0v) is 11.5. The summed E-state index contributed by atoms with van der Waals surface area (Å²) >= 11 is 0. The molecule has 3 fully saturated rings. The summed E-state index contributed by atoms with van der Waals surface area (Å²) in [6, 6.07) is -0.250. The molecule has 4 amide bonds. The molecule has 2 N–H and O–H groups in total. The third-order valence-electron chi connectivity index (χ3n) is 4.12. The molecule has 0 spiro atoms. The zero-order valence-electron chi connectivity index (χ0n) is 11.5. The van der Waals surface area contributed by atoms with Crippen LogP contribution in [-0.2, 0) is 9.53 Å². The minimum Gasteiger partial charge on any atom is -0.479 e. The van der Waals surface area contributed by atoms with E-state index in [4.69, 9.17) is 9.84 Å². The van der Waals surface area contributed by atoms with Gasteiger partial charge in [0.05, 0.1) is 19.2 Å². The van der Waals surface area contributed by atoms with E-state index in [0.717, 1.165) is 0 Å². The second kappa shape index (κ2) is 5.40. The van der Waals surface area contributed by atoms with Crippen molar-refractivity contribution in [1.82, 2.24) is 20.0 Å². The summed E-state index contributed by atoms with van der Waals surface area (Å²) in [5.74, 6) is -1.05. The Morgan fingerprint density at radius 2 is 1.95 bits per heavy atom. The molecule has 9 nitrogen and oxygen atoms in total. The van der Waals surface area contributed by atoms with E-state index in [-0.39, 0.29) is 31.3 Å². The number of fused-ring (bicyclic) bond motifs is 1. The summed E-state index contributed by atoms with van der Waals surface area (Å²) in [6.45, 7) is 2.69. The molecule has 116 valence electrons. The molecule has 0 aromatic heterocycles. The summed E-state index contributed by atoms with van der Waals surface area (Å²) in [7, 11) is 0. The van der Waals surface area contributed by atoms with E-state index in [0.29, 0.717) is 32.7 Å². The largest absolute Gasteiger partial charge is 0.479 e. The van der Waals surface area contributed by atoms with Crippen LogP contribution in [0.1, 0.15) is 0 Å². The van der Waals surface area contributed by atoms with Gasteiger partial charge in [0.25, 0.3) is 0 Å². The molecule has 9 heteroatoms. The third kappa shape index (κ3) is 2.60. The fourth-order valence-corrected chi connectivity index (χ4v) is 2.95. The van der Waals surface area contributed by atoms with Gasteiger partial charge in [-0.15, -0.1) is 0 Å².